The van der Waals surface area contributed by atoms with Gasteiger partial charge in [0, 0.05) is 12.3 Å². The molecule has 0 spiro atoms. The van der Waals surface area contributed by atoms with Crippen LogP contribution in [0, 0.1) is 11.3 Å². The molecule has 0 bridgehead atoms. The summed E-state index contributed by atoms with van der Waals surface area (Å²) in [6, 6.07) is 9.39. The molecule has 4 nitrogen and oxygen atoms in total. The average molecular weight is 227 g/mol. The summed E-state index contributed by atoms with van der Waals surface area (Å²) < 4.78 is 5.07. The monoisotopic (exact) mass is 227 g/mol. The van der Waals surface area contributed by atoms with Gasteiger partial charge in [-0.25, -0.2) is 0 Å². The van der Waals surface area contributed by atoms with Gasteiger partial charge in [0.1, 0.15) is 11.8 Å². The van der Waals surface area contributed by atoms with E-state index >= 15 is 0 Å². The molecule has 1 rings (SSSR count). The molecule has 1 aromatic carbocycles. The van der Waals surface area contributed by atoms with Crippen molar-refractivity contribution in [3.8, 4) is 11.8 Å². The highest BCUT2D eigenvalue weighted by atomic mass is 16.5. The van der Waals surface area contributed by atoms with E-state index in [1.165, 1.54) is 0 Å². The lowest BCUT2D eigenvalue weighted by Gasteiger charge is -2.05. The van der Waals surface area contributed by atoms with Crippen LogP contribution in [0.25, 0.3) is 5.57 Å². The van der Waals surface area contributed by atoms with Crippen molar-refractivity contribution in [2.45, 2.75) is 6.92 Å². The molecule has 0 aromatic heterocycles. The largest absolute Gasteiger partial charge is 0.497 e. The van der Waals surface area contributed by atoms with Gasteiger partial charge < -0.3 is 4.74 Å². The zero-order chi connectivity index (χ0) is 12.7. The van der Waals surface area contributed by atoms with Crippen LogP contribution in [0.4, 0.5) is 0 Å². The summed E-state index contributed by atoms with van der Waals surface area (Å²) >= 11 is 0. The fraction of sp³-hybridized carbons (Fsp3) is 0.154. The summed E-state index contributed by atoms with van der Waals surface area (Å²) in [7, 11) is 1.61. The summed E-state index contributed by atoms with van der Waals surface area (Å²) in [4.78, 5) is 0. The number of hydrogen-bond donors (Lipinski definition) is 0. The minimum absolute atomic E-state index is 0.243. The van der Waals surface area contributed by atoms with Gasteiger partial charge in [-0.1, -0.05) is 18.2 Å². The predicted molar refractivity (Wildman–Crippen MR) is 69.2 cm³/mol. The molecule has 0 radical (unpaired) electrons. The standard InChI is InChI=1S/C13H13N3O/c1-4-12(13(9-14)16-15-2)10-5-7-11(17-3)8-6-10/h4-8H,2H2,1,3H3/b12-4-,16-13-. The third-order valence-corrected chi connectivity index (χ3v) is 2.22. The number of nitriles is 1. The lowest BCUT2D eigenvalue weighted by Crippen LogP contribution is -1.98. The van der Waals surface area contributed by atoms with Gasteiger partial charge in [-0.3, -0.25) is 0 Å². The Morgan fingerprint density at radius 2 is 2.06 bits per heavy atom. The summed E-state index contributed by atoms with van der Waals surface area (Å²) in [6.45, 7) is 5.09. The molecule has 0 saturated carbocycles. The average Bonchev–Trinajstić information content (AvgIpc) is 2.39. The summed E-state index contributed by atoms with van der Waals surface area (Å²) in [6.07, 6.45) is 1.81. The molecular formula is C13H13N3O. The number of methoxy groups -OCH3 is 1. The van der Waals surface area contributed by atoms with Crippen molar-refractivity contribution < 1.29 is 4.74 Å². The maximum Gasteiger partial charge on any atom is 0.170 e. The Bertz CT molecular complexity index is 492. The lowest BCUT2D eigenvalue weighted by molar-refractivity contribution is 0.415. The van der Waals surface area contributed by atoms with Gasteiger partial charge in [0.25, 0.3) is 0 Å². The minimum atomic E-state index is 0.243. The first-order valence-corrected chi connectivity index (χ1v) is 5.01. The fourth-order valence-corrected chi connectivity index (χ4v) is 1.42. The molecule has 0 amide bonds. The molecule has 0 aliphatic rings. The van der Waals surface area contributed by atoms with Crippen molar-refractivity contribution in [2.24, 2.45) is 10.2 Å². The molecule has 0 aliphatic heterocycles. The molecule has 0 fully saturated rings. The first-order valence-electron chi connectivity index (χ1n) is 5.01. The molecule has 0 aliphatic carbocycles. The van der Waals surface area contributed by atoms with Crippen LogP contribution >= 0.6 is 0 Å². The van der Waals surface area contributed by atoms with Gasteiger partial charge in [0.15, 0.2) is 5.71 Å². The van der Waals surface area contributed by atoms with Gasteiger partial charge in [-0.15, -0.1) is 5.10 Å². The Morgan fingerprint density at radius 3 is 2.47 bits per heavy atom. The van der Waals surface area contributed by atoms with E-state index in [0.717, 1.165) is 16.9 Å². The van der Waals surface area contributed by atoms with Crippen LogP contribution < -0.4 is 4.74 Å². The first kappa shape index (κ1) is 12.7. The third kappa shape index (κ3) is 3.02. The molecule has 0 saturated heterocycles. The van der Waals surface area contributed by atoms with Gasteiger partial charge in [-0.2, -0.15) is 10.4 Å². The molecule has 0 N–H and O–H groups in total. The van der Waals surface area contributed by atoms with Gasteiger partial charge >= 0.3 is 0 Å². The molecule has 0 atom stereocenters. The number of ether oxygens (including phenoxy) is 1. The number of rotatable bonds is 4. The van der Waals surface area contributed by atoms with Crippen LogP contribution in [-0.4, -0.2) is 19.5 Å². The molecule has 86 valence electrons. The van der Waals surface area contributed by atoms with E-state index in [1.54, 1.807) is 7.11 Å². The summed E-state index contributed by atoms with van der Waals surface area (Å²) in [5, 5.41) is 16.1. The minimum Gasteiger partial charge on any atom is -0.497 e. The third-order valence-electron chi connectivity index (χ3n) is 2.22. The second-order valence-electron chi connectivity index (χ2n) is 3.13. The topological polar surface area (TPSA) is 57.7 Å². The molecule has 0 heterocycles. The van der Waals surface area contributed by atoms with E-state index in [2.05, 4.69) is 16.9 Å². The highest BCUT2D eigenvalue weighted by Crippen LogP contribution is 2.20. The van der Waals surface area contributed by atoms with Gasteiger partial charge in [0.05, 0.1) is 7.11 Å². The van der Waals surface area contributed by atoms with Crippen LogP contribution in [-0.2, 0) is 0 Å². The van der Waals surface area contributed by atoms with E-state index in [0.29, 0.717) is 0 Å². The SMILES string of the molecule is C=N/N=C(C#N)\C(=C/C)c1ccc(OC)cc1. The normalized spacial score (nSPS) is 11.8. The highest BCUT2D eigenvalue weighted by molar-refractivity contribution is 6.31. The van der Waals surface area contributed by atoms with E-state index in [9.17, 15) is 0 Å². The van der Waals surface area contributed by atoms with Crippen molar-refractivity contribution in [1.29, 1.82) is 5.26 Å². The number of allylic oxidation sites excluding steroid dienone is 2. The Balaban J connectivity index is 3.15. The predicted octanol–water partition coefficient (Wildman–Crippen LogP) is 2.68. The second kappa shape index (κ2) is 6.23. The zero-order valence-electron chi connectivity index (χ0n) is 9.84. The second-order valence-corrected chi connectivity index (χ2v) is 3.13. The molecule has 17 heavy (non-hydrogen) atoms. The van der Waals surface area contributed by atoms with Crippen LogP contribution in [0.15, 0.2) is 40.5 Å². The smallest absolute Gasteiger partial charge is 0.170 e. The summed E-state index contributed by atoms with van der Waals surface area (Å²) in [5.74, 6) is 0.765. The maximum absolute atomic E-state index is 8.99. The van der Waals surface area contributed by atoms with Crippen molar-refractivity contribution in [2.75, 3.05) is 7.11 Å². The van der Waals surface area contributed by atoms with E-state index in [1.807, 2.05) is 43.3 Å². The molecule has 0 unspecified atom stereocenters. The van der Waals surface area contributed by atoms with Gasteiger partial charge in [0.2, 0.25) is 0 Å². The number of benzene rings is 1. The van der Waals surface area contributed by atoms with Gasteiger partial charge in [-0.05, 0) is 24.6 Å². The Labute approximate surface area is 101 Å². The Hall–Kier alpha value is -2.41. The highest BCUT2D eigenvalue weighted by Gasteiger charge is 2.08. The van der Waals surface area contributed by atoms with Crippen molar-refractivity contribution in [3.05, 3.63) is 35.9 Å². The number of hydrogen-bond acceptors (Lipinski definition) is 4. The fourth-order valence-electron chi connectivity index (χ4n) is 1.42. The van der Waals surface area contributed by atoms with E-state index in [4.69, 9.17) is 10.00 Å². The van der Waals surface area contributed by atoms with Crippen molar-refractivity contribution in [3.63, 3.8) is 0 Å². The maximum atomic E-state index is 8.99. The molecular weight excluding hydrogens is 214 g/mol. The van der Waals surface area contributed by atoms with Crippen LogP contribution in [0.1, 0.15) is 12.5 Å². The Kier molecular flexibility index (Phi) is 4.64. The van der Waals surface area contributed by atoms with Crippen LogP contribution in [0.3, 0.4) is 0 Å². The van der Waals surface area contributed by atoms with Crippen LogP contribution in [0.2, 0.25) is 0 Å². The molecule has 4 heteroatoms. The lowest BCUT2D eigenvalue weighted by atomic mass is 10.0. The number of nitrogens with zero attached hydrogens (tertiary/aromatic N) is 3. The van der Waals surface area contributed by atoms with Crippen LogP contribution in [0.5, 0.6) is 5.75 Å². The quantitative estimate of drug-likeness (QED) is 0.586. The summed E-state index contributed by atoms with van der Waals surface area (Å²) in [5.41, 5.74) is 1.85. The molecule has 1 aromatic rings. The Morgan fingerprint density at radius 1 is 1.41 bits per heavy atom. The van der Waals surface area contributed by atoms with Crippen molar-refractivity contribution >= 4 is 18.0 Å². The van der Waals surface area contributed by atoms with E-state index < -0.39 is 0 Å². The van der Waals surface area contributed by atoms with E-state index in [-0.39, 0.29) is 5.71 Å². The first-order chi connectivity index (χ1) is 8.26. The van der Waals surface area contributed by atoms with Crippen molar-refractivity contribution in [1.82, 2.24) is 0 Å². The zero-order valence-corrected chi connectivity index (χ0v) is 9.84.